The third-order valence-corrected chi connectivity index (χ3v) is 5.37. The lowest BCUT2D eigenvalue weighted by molar-refractivity contribution is 0.0342. The van der Waals surface area contributed by atoms with Gasteiger partial charge in [-0.15, -0.1) is 0 Å². The molecule has 4 rings (SSSR count). The number of hydrogen-bond donors (Lipinski definition) is 1. The zero-order valence-corrected chi connectivity index (χ0v) is 15.1. The van der Waals surface area contributed by atoms with E-state index in [0.717, 1.165) is 57.7 Å². The van der Waals surface area contributed by atoms with Crippen LogP contribution in [0.3, 0.4) is 0 Å². The van der Waals surface area contributed by atoms with Gasteiger partial charge in [0.15, 0.2) is 0 Å². The van der Waals surface area contributed by atoms with E-state index in [9.17, 15) is 4.79 Å². The topological polar surface area (TPSA) is 41.6 Å². The van der Waals surface area contributed by atoms with Gasteiger partial charge in [-0.3, -0.25) is 9.69 Å². The van der Waals surface area contributed by atoms with Crippen molar-refractivity contribution in [1.29, 1.82) is 0 Å². The molecule has 2 aromatic carbocycles. The van der Waals surface area contributed by atoms with E-state index in [-0.39, 0.29) is 11.9 Å². The lowest BCUT2D eigenvalue weighted by Gasteiger charge is -2.27. The number of amides is 1. The van der Waals surface area contributed by atoms with E-state index in [2.05, 4.69) is 40.5 Å². The van der Waals surface area contributed by atoms with Gasteiger partial charge in [-0.1, -0.05) is 36.4 Å². The van der Waals surface area contributed by atoms with E-state index < -0.39 is 0 Å². The van der Waals surface area contributed by atoms with Crippen molar-refractivity contribution in [2.24, 2.45) is 0 Å². The molecular weight excluding hydrogens is 324 g/mol. The molecule has 0 aromatic heterocycles. The number of aryl methyl sites for hydroxylation is 1. The summed E-state index contributed by atoms with van der Waals surface area (Å²) >= 11 is 0. The van der Waals surface area contributed by atoms with Crippen LogP contribution in [0.2, 0.25) is 0 Å². The number of benzene rings is 2. The van der Waals surface area contributed by atoms with Crippen LogP contribution in [0.5, 0.6) is 0 Å². The second-order valence-electron chi connectivity index (χ2n) is 7.21. The van der Waals surface area contributed by atoms with Crippen LogP contribution >= 0.6 is 0 Å². The lowest BCUT2D eigenvalue weighted by atomic mass is 9.87. The maximum Gasteiger partial charge on any atom is 0.251 e. The number of nitrogens with one attached hydrogen (secondary N) is 1. The van der Waals surface area contributed by atoms with E-state index in [1.807, 2.05) is 18.2 Å². The largest absolute Gasteiger partial charge is 0.379 e. The molecule has 2 aliphatic rings. The summed E-state index contributed by atoms with van der Waals surface area (Å²) in [5.74, 6) is 0.0236. The van der Waals surface area contributed by atoms with Gasteiger partial charge in [0, 0.05) is 25.2 Å². The van der Waals surface area contributed by atoms with Crippen molar-refractivity contribution in [3.05, 3.63) is 70.8 Å². The molecule has 0 unspecified atom stereocenters. The van der Waals surface area contributed by atoms with Gasteiger partial charge in [0.1, 0.15) is 0 Å². The highest BCUT2D eigenvalue weighted by molar-refractivity contribution is 5.94. The van der Waals surface area contributed by atoms with Gasteiger partial charge in [0.25, 0.3) is 5.91 Å². The summed E-state index contributed by atoms with van der Waals surface area (Å²) in [6, 6.07) is 16.6. The molecule has 4 nitrogen and oxygen atoms in total. The number of rotatable bonds is 4. The first-order chi connectivity index (χ1) is 12.8. The molecule has 0 saturated carbocycles. The van der Waals surface area contributed by atoms with Crippen LogP contribution in [0, 0.1) is 0 Å². The summed E-state index contributed by atoms with van der Waals surface area (Å²) in [4.78, 5) is 15.2. The third-order valence-electron chi connectivity index (χ3n) is 5.37. The summed E-state index contributed by atoms with van der Waals surface area (Å²) < 4.78 is 5.41. The van der Waals surface area contributed by atoms with Crippen LogP contribution in [0.1, 0.15) is 45.9 Å². The second kappa shape index (κ2) is 8.02. The minimum Gasteiger partial charge on any atom is -0.379 e. The molecule has 136 valence electrons. The molecule has 4 heteroatoms. The number of hydrogen-bond acceptors (Lipinski definition) is 3. The molecule has 26 heavy (non-hydrogen) atoms. The average molecular weight is 350 g/mol. The summed E-state index contributed by atoms with van der Waals surface area (Å²) in [6.07, 6.45) is 3.24. The number of ether oxygens (including phenoxy) is 1. The summed E-state index contributed by atoms with van der Waals surface area (Å²) in [5, 5.41) is 3.25. The fourth-order valence-corrected chi connectivity index (χ4v) is 3.97. The SMILES string of the molecule is O=C(N[C@@H]1CCCc2ccccc21)c1cccc(CN2CCOCC2)c1. The Morgan fingerprint density at radius 1 is 1.12 bits per heavy atom. The van der Waals surface area contributed by atoms with Crippen molar-refractivity contribution in [2.45, 2.75) is 31.8 Å². The molecule has 1 fully saturated rings. The Morgan fingerprint density at radius 3 is 2.85 bits per heavy atom. The molecule has 0 bridgehead atoms. The number of nitrogens with zero attached hydrogens (tertiary/aromatic N) is 1. The Bertz CT molecular complexity index is 768. The van der Waals surface area contributed by atoms with Gasteiger partial charge in [-0.25, -0.2) is 0 Å². The molecule has 1 saturated heterocycles. The van der Waals surface area contributed by atoms with Crippen molar-refractivity contribution in [1.82, 2.24) is 10.2 Å². The van der Waals surface area contributed by atoms with Crippen LogP contribution in [0.25, 0.3) is 0 Å². The van der Waals surface area contributed by atoms with E-state index in [1.165, 1.54) is 16.7 Å². The predicted octanol–water partition coefficient (Wildman–Crippen LogP) is 3.33. The molecule has 1 atom stereocenters. The minimum absolute atomic E-state index is 0.0236. The van der Waals surface area contributed by atoms with Gasteiger partial charge in [-0.05, 0) is 48.1 Å². The van der Waals surface area contributed by atoms with Gasteiger partial charge in [-0.2, -0.15) is 0 Å². The zero-order valence-electron chi connectivity index (χ0n) is 15.1. The van der Waals surface area contributed by atoms with Gasteiger partial charge in [0.2, 0.25) is 0 Å². The summed E-state index contributed by atoms with van der Waals surface area (Å²) in [7, 11) is 0. The monoisotopic (exact) mass is 350 g/mol. The van der Waals surface area contributed by atoms with Crippen LogP contribution in [0.15, 0.2) is 48.5 Å². The third kappa shape index (κ3) is 3.97. The van der Waals surface area contributed by atoms with Gasteiger partial charge < -0.3 is 10.1 Å². The molecule has 1 aliphatic carbocycles. The van der Waals surface area contributed by atoms with Crippen LogP contribution in [0.4, 0.5) is 0 Å². The smallest absolute Gasteiger partial charge is 0.251 e. The number of carbonyl (C=O) groups is 1. The first kappa shape index (κ1) is 17.3. The minimum atomic E-state index is 0.0236. The summed E-state index contributed by atoms with van der Waals surface area (Å²) in [5.41, 5.74) is 4.57. The van der Waals surface area contributed by atoms with E-state index >= 15 is 0 Å². The molecule has 1 amide bonds. The maximum absolute atomic E-state index is 12.8. The quantitative estimate of drug-likeness (QED) is 0.920. The fraction of sp³-hybridized carbons (Fsp3) is 0.409. The highest BCUT2D eigenvalue weighted by atomic mass is 16.5. The number of morpholine rings is 1. The Labute approximate surface area is 155 Å². The second-order valence-corrected chi connectivity index (χ2v) is 7.21. The van der Waals surface area contributed by atoms with E-state index in [0.29, 0.717) is 0 Å². The Hall–Kier alpha value is -2.17. The molecule has 1 aliphatic heterocycles. The summed E-state index contributed by atoms with van der Waals surface area (Å²) in [6.45, 7) is 4.36. The lowest BCUT2D eigenvalue weighted by Crippen LogP contribution is -2.35. The fourth-order valence-electron chi connectivity index (χ4n) is 3.97. The molecule has 1 heterocycles. The van der Waals surface area contributed by atoms with Crippen molar-refractivity contribution in [3.8, 4) is 0 Å². The van der Waals surface area contributed by atoms with Crippen LogP contribution in [-0.2, 0) is 17.7 Å². The molecule has 2 aromatic rings. The number of fused-ring (bicyclic) bond motifs is 1. The first-order valence-corrected chi connectivity index (χ1v) is 9.57. The van der Waals surface area contributed by atoms with E-state index in [1.54, 1.807) is 0 Å². The van der Waals surface area contributed by atoms with Crippen molar-refractivity contribution < 1.29 is 9.53 Å². The molecule has 0 spiro atoms. The molecule has 1 N–H and O–H groups in total. The normalized spacial score (nSPS) is 20.4. The van der Waals surface area contributed by atoms with Crippen molar-refractivity contribution >= 4 is 5.91 Å². The van der Waals surface area contributed by atoms with Crippen molar-refractivity contribution in [3.63, 3.8) is 0 Å². The highest BCUT2D eigenvalue weighted by Gasteiger charge is 2.22. The van der Waals surface area contributed by atoms with Crippen LogP contribution in [-0.4, -0.2) is 37.1 Å². The van der Waals surface area contributed by atoms with E-state index in [4.69, 9.17) is 4.74 Å². The molecular formula is C22H26N2O2. The van der Waals surface area contributed by atoms with Crippen molar-refractivity contribution in [2.75, 3.05) is 26.3 Å². The van der Waals surface area contributed by atoms with Gasteiger partial charge >= 0.3 is 0 Å². The first-order valence-electron chi connectivity index (χ1n) is 9.57. The predicted molar refractivity (Wildman–Crippen MR) is 102 cm³/mol. The van der Waals surface area contributed by atoms with Crippen LogP contribution < -0.4 is 5.32 Å². The molecule has 0 radical (unpaired) electrons. The van der Waals surface area contributed by atoms with Gasteiger partial charge in [0.05, 0.1) is 19.3 Å². The Kier molecular flexibility index (Phi) is 5.32. The average Bonchev–Trinajstić information content (AvgIpc) is 2.69. The Balaban J connectivity index is 1.44. The highest BCUT2D eigenvalue weighted by Crippen LogP contribution is 2.29. The Morgan fingerprint density at radius 2 is 1.96 bits per heavy atom. The zero-order chi connectivity index (χ0) is 17.8. The maximum atomic E-state index is 12.8. The number of carbonyl (C=O) groups excluding carboxylic acids is 1. The standard InChI is InChI=1S/C22H26N2O2/c25-22(23-21-10-4-7-18-6-1-2-9-20(18)21)19-8-3-5-17(15-19)16-24-11-13-26-14-12-24/h1-3,5-6,8-9,15,21H,4,7,10-14,16H2,(H,23,25)/t21-/m1/s1.